The van der Waals surface area contributed by atoms with Crippen molar-refractivity contribution in [2.24, 2.45) is 0 Å². The smallest absolute Gasteiger partial charge is 0.322 e. The van der Waals surface area contributed by atoms with Crippen molar-refractivity contribution in [3.05, 3.63) is 82.9 Å². The van der Waals surface area contributed by atoms with Gasteiger partial charge in [-0.1, -0.05) is 30.3 Å². The van der Waals surface area contributed by atoms with Gasteiger partial charge >= 0.3 is 6.03 Å². The molecular weight excluding hydrogens is 449 g/mol. The molecule has 1 aliphatic carbocycles. The molecule has 8 nitrogen and oxygen atoms in total. The summed E-state index contributed by atoms with van der Waals surface area (Å²) in [5.41, 5.74) is 4.88. The molecule has 1 unspecified atom stereocenters. The second-order valence-corrected chi connectivity index (χ2v) is 9.20. The molecule has 0 radical (unpaired) electrons. The molecule has 1 aromatic heterocycles. The molecule has 2 N–H and O–H groups in total. The second kappa shape index (κ2) is 8.98. The Labute approximate surface area is 202 Å². The van der Waals surface area contributed by atoms with Crippen molar-refractivity contribution in [3.8, 4) is 5.69 Å². The monoisotopic (exact) mass is 475 g/mol. The highest BCUT2D eigenvalue weighted by Gasteiger charge is 2.48. The van der Waals surface area contributed by atoms with E-state index in [4.69, 9.17) is 0 Å². The number of amides is 4. The summed E-state index contributed by atoms with van der Waals surface area (Å²) in [6.07, 6.45) is 4.24. The van der Waals surface area contributed by atoms with Crippen LogP contribution in [0.2, 0.25) is 0 Å². The molecule has 9 heteroatoms. The Morgan fingerprint density at radius 2 is 1.80 bits per heavy atom. The molecule has 2 heterocycles. The van der Waals surface area contributed by atoms with Gasteiger partial charge in [0.25, 0.3) is 11.8 Å². The maximum atomic E-state index is 13.4. The SMILES string of the molecule is CC1(CCc2ccccc2)NC(=O)N(NC(=O)c2nn(-c3ccc(F)cc3)c3c2CCCC3)C1=O. The van der Waals surface area contributed by atoms with Gasteiger partial charge in [-0.15, -0.1) is 0 Å². The first-order valence-corrected chi connectivity index (χ1v) is 11.7. The van der Waals surface area contributed by atoms with Gasteiger partial charge in [0.15, 0.2) is 5.69 Å². The van der Waals surface area contributed by atoms with Crippen LogP contribution in [0, 0.1) is 5.82 Å². The third-order valence-electron chi connectivity index (χ3n) is 6.70. The molecule has 4 amide bonds. The largest absolute Gasteiger partial charge is 0.344 e. The van der Waals surface area contributed by atoms with Crippen molar-refractivity contribution < 1.29 is 18.8 Å². The van der Waals surface area contributed by atoms with E-state index in [2.05, 4.69) is 15.8 Å². The zero-order valence-corrected chi connectivity index (χ0v) is 19.4. The molecule has 1 fully saturated rings. The van der Waals surface area contributed by atoms with E-state index in [1.54, 1.807) is 23.7 Å². The molecule has 0 saturated carbocycles. The maximum Gasteiger partial charge on any atom is 0.344 e. The normalized spacial score (nSPS) is 19.4. The van der Waals surface area contributed by atoms with Gasteiger partial charge in [0.1, 0.15) is 11.4 Å². The van der Waals surface area contributed by atoms with E-state index in [-0.39, 0.29) is 11.5 Å². The third kappa shape index (κ3) is 4.29. The molecule has 2 aromatic carbocycles. The number of halogens is 1. The maximum absolute atomic E-state index is 13.4. The topological polar surface area (TPSA) is 96.3 Å². The molecular formula is C26H26FN5O3. The van der Waals surface area contributed by atoms with Crippen molar-refractivity contribution in [3.63, 3.8) is 0 Å². The highest BCUT2D eigenvalue weighted by atomic mass is 19.1. The minimum Gasteiger partial charge on any atom is -0.322 e. The van der Waals surface area contributed by atoms with Gasteiger partial charge in [-0.3, -0.25) is 15.0 Å². The summed E-state index contributed by atoms with van der Waals surface area (Å²) in [6.45, 7) is 1.66. The van der Waals surface area contributed by atoms with Crippen molar-refractivity contribution in [1.82, 2.24) is 25.5 Å². The number of aromatic nitrogens is 2. The first kappa shape index (κ1) is 22.8. The van der Waals surface area contributed by atoms with Gasteiger partial charge in [-0.2, -0.15) is 10.1 Å². The number of nitrogens with zero attached hydrogens (tertiary/aromatic N) is 3. The fraction of sp³-hybridized carbons (Fsp3) is 0.308. The van der Waals surface area contributed by atoms with Crippen LogP contribution >= 0.6 is 0 Å². The summed E-state index contributed by atoms with van der Waals surface area (Å²) < 4.78 is 15.1. The minimum atomic E-state index is -1.13. The van der Waals surface area contributed by atoms with Crippen molar-refractivity contribution in [1.29, 1.82) is 0 Å². The van der Waals surface area contributed by atoms with E-state index < -0.39 is 23.4 Å². The third-order valence-corrected chi connectivity index (χ3v) is 6.70. The van der Waals surface area contributed by atoms with E-state index in [0.29, 0.717) is 24.9 Å². The summed E-state index contributed by atoms with van der Waals surface area (Å²) in [7, 11) is 0. The van der Waals surface area contributed by atoms with Gasteiger partial charge in [0.2, 0.25) is 0 Å². The number of nitrogens with one attached hydrogen (secondary N) is 2. The molecule has 2 aliphatic rings. The van der Waals surface area contributed by atoms with E-state index in [9.17, 15) is 18.8 Å². The Morgan fingerprint density at radius 3 is 2.54 bits per heavy atom. The van der Waals surface area contributed by atoms with Gasteiger partial charge in [0, 0.05) is 11.3 Å². The molecule has 3 aromatic rings. The van der Waals surface area contributed by atoms with Crippen LogP contribution in [0.25, 0.3) is 5.69 Å². The lowest BCUT2D eigenvalue weighted by molar-refractivity contribution is -0.132. The number of rotatable bonds is 6. The number of imide groups is 1. The first-order chi connectivity index (χ1) is 16.9. The second-order valence-electron chi connectivity index (χ2n) is 9.20. The average molecular weight is 476 g/mol. The molecule has 1 saturated heterocycles. The molecule has 0 spiro atoms. The lowest BCUT2D eigenvalue weighted by atomic mass is 9.93. The number of fused-ring (bicyclic) bond motifs is 1. The fourth-order valence-corrected chi connectivity index (χ4v) is 4.73. The van der Waals surface area contributed by atoms with Gasteiger partial charge in [-0.05, 0) is 75.3 Å². The summed E-state index contributed by atoms with van der Waals surface area (Å²) in [6, 6.07) is 14.9. The van der Waals surface area contributed by atoms with Crippen LogP contribution in [0.5, 0.6) is 0 Å². The van der Waals surface area contributed by atoms with Crippen LogP contribution in [0.1, 0.15) is 53.5 Å². The Hall–Kier alpha value is -4.01. The zero-order chi connectivity index (χ0) is 24.6. The number of hydrazine groups is 1. The van der Waals surface area contributed by atoms with E-state index in [1.807, 2.05) is 30.3 Å². The number of carbonyl (C=O) groups excluding carboxylic acids is 3. The Bertz CT molecular complexity index is 1290. The molecule has 0 bridgehead atoms. The van der Waals surface area contributed by atoms with Crippen LogP contribution in [-0.2, 0) is 24.1 Å². The van der Waals surface area contributed by atoms with E-state index in [1.165, 1.54) is 12.1 Å². The van der Waals surface area contributed by atoms with Crippen LogP contribution in [0.4, 0.5) is 9.18 Å². The van der Waals surface area contributed by atoms with Gasteiger partial charge < -0.3 is 5.32 Å². The van der Waals surface area contributed by atoms with Crippen LogP contribution < -0.4 is 10.7 Å². The Balaban J connectivity index is 1.36. The zero-order valence-electron chi connectivity index (χ0n) is 19.4. The van der Waals surface area contributed by atoms with Crippen molar-refractivity contribution in [2.75, 3.05) is 0 Å². The summed E-state index contributed by atoms with van der Waals surface area (Å²) >= 11 is 0. The highest BCUT2D eigenvalue weighted by molar-refractivity contribution is 6.09. The van der Waals surface area contributed by atoms with E-state index >= 15 is 0 Å². The van der Waals surface area contributed by atoms with Crippen LogP contribution in [0.3, 0.4) is 0 Å². The molecule has 1 atom stereocenters. The number of carbonyl (C=O) groups is 3. The molecule has 180 valence electrons. The minimum absolute atomic E-state index is 0.169. The van der Waals surface area contributed by atoms with Crippen LogP contribution in [-0.4, -0.2) is 38.2 Å². The first-order valence-electron chi connectivity index (χ1n) is 11.7. The summed E-state index contributed by atoms with van der Waals surface area (Å²) in [5.74, 6) is -1.50. The van der Waals surface area contributed by atoms with Gasteiger partial charge in [0.05, 0.1) is 5.69 Å². The average Bonchev–Trinajstić information content (AvgIpc) is 3.35. The number of urea groups is 1. The van der Waals surface area contributed by atoms with Crippen LogP contribution in [0.15, 0.2) is 54.6 Å². The van der Waals surface area contributed by atoms with E-state index in [0.717, 1.165) is 41.1 Å². The molecule has 5 rings (SSSR count). The van der Waals surface area contributed by atoms with Crippen molar-refractivity contribution >= 4 is 17.8 Å². The highest BCUT2D eigenvalue weighted by Crippen LogP contribution is 2.28. The Kier molecular flexibility index (Phi) is 5.84. The van der Waals surface area contributed by atoms with Gasteiger partial charge in [-0.25, -0.2) is 13.9 Å². The van der Waals surface area contributed by atoms with Crippen molar-refractivity contribution in [2.45, 2.75) is 51.0 Å². The predicted molar refractivity (Wildman–Crippen MR) is 126 cm³/mol. The number of hydrogen-bond donors (Lipinski definition) is 2. The summed E-state index contributed by atoms with van der Waals surface area (Å²) in [4.78, 5) is 39.0. The summed E-state index contributed by atoms with van der Waals surface area (Å²) in [5, 5.41) is 7.98. The molecule has 1 aliphatic heterocycles. The number of aryl methyl sites for hydroxylation is 1. The standard InChI is InChI=1S/C26H26FN5O3/c1-26(16-15-17-7-3-2-4-8-17)24(34)32(25(35)28-26)30-23(33)22-20-9-5-6-10-21(20)31(29-22)19-13-11-18(27)12-14-19/h2-4,7-8,11-14H,5-6,9-10,15-16H2,1H3,(H,28,35)(H,30,33). The Morgan fingerprint density at radius 1 is 1.09 bits per heavy atom. The molecule has 35 heavy (non-hydrogen) atoms. The lowest BCUT2D eigenvalue weighted by Crippen LogP contribution is -2.49. The predicted octanol–water partition coefficient (Wildman–Crippen LogP) is 3.48. The number of benzene rings is 2. The number of hydrogen-bond acceptors (Lipinski definition) is 4. The fourth-order valence-electron chi connectivity index (χ4n) is 4.73. The lowest BCUT2D eigenvalue weighted by Gasteiger charge is -2.21. The quantitative estimate of drug-likeness (QED) is 0.534.